The molecule has 5 nitrogen and oxygen atoms in total. The molecule has 7 heteroatoms. The Hall–Kier alpha value is -1.20. The van der Waals surface area contributed by atoms with Gasteiger partial charge in [-0.1, -0.05) is 18.2 Å². The molecular formula is C16H19BrNO4P. The molecule has 0 saturated heterocycles. The van der Waals surface area contributed by atoms with Crippen molar-refractivity contribution in [2.45, 2.75) is 20.8 Å². The largest absolute Gasteiger partial charge is 0.368 e. The summed E-state index contributed by atoms with van der Waals surface area (Å²) >= 11 is 3.33. The number of carbonyl (C=O) groups is 1. The van der Waals surface area contributed by atoms with Crippen molar-refractivity contribution in [1.82, 2.24) is 4.57 Å². The Kier molecular flexibility index (Phi) is 5.98. The second-order valence-corrected chi connectivity index (χ2v) is 8.25. The van der Waals surface area contributed by atoms with Crippen LogP contribution in [0, 0.1) is 0 Å². The van der Waals surface area contributed by atoms with Gasteiger partial charge in [-0.2, -0.15) is 0 Å². The van der Waals surface area contributed by atoms with E-state index in [4.69, 9.17) is 9.05 Å². The Bertz CT molecular complexity index is 786. The van der Waals surface area contributed by atoms with E-state index in [1.54, 1.807) is 30.7 Å². The summed E-state index contributed by atoms with van der Waals surface area (Å²) < 4.78 is 25.3. The highest BCUT2D eigenvalue weighted by atomic mass is 79.9. The number of rotatable bonds is 6. The van der Waals surface area contributed by atoms with Gasteiger partial charge in [-0.05, 0) is 41.9 Å². The number of halogens is 1. The van der Waals surface area contributed by atoms with Crippen LogP contribution in [0.2, 0.25) is 0 Å². The van der Waals surface area contributed by atoms with E-state index < -0.39 is 7.60 Å². The zero-order valence-electron chi connectivity index (χ0n) is 13.3. The molecule has 0 aliphatic carbocycles. The van der Waals surface area contributed by atoms with Crippen LogP contribution in [0.25, 0.3) is 17.0 Å². The van der Waals surface area contributed by atoms with Gasteiger partial charge >= 0.3 is 7.60 Å². The van der Waals surface area contributed by atoms with Crippen LogP contribution in [-0.2, 0) is 13.6 Å². The molecule has 0 aliphatic rings. The molecule has 1 aromatic heterocycles. The van der Waals surface area contributed by atoms with Crippen LogP contribution < -0.4 is 0 Å². The number of hydrogen-bond acceptors (Lipinski definition) is 4. The number of fused-ring (bicyclic) bond motifs is 1. The standard InChI is InChI=1S/C16H19BrNO4P/c1-4-21-23(20,22-5-2)16(17)10-13-11-18(12(3)19)15-9-7-6-8-14(13)15/h6-11H,4-5H2,1-3H3/b16-10+. The van der Waals surface area contributed by atoms with Crippen LogP contribution in [-0.4, -0.2) is 23.7 Å². The molecule has 0 bridgehead atoms. The summed E-state index contributed by atoms with van der Waals surface area (Å²) in [5.41, 5.74) is 1.57. The summed E-state index contributed by atoms with van der Waals surface area (Å²) in [4.78, 5) is 11.8. The zero-order chi connectivity index (χ0) is 17.0. The summed E-state index contributed by atoms with van der Waals surface area (Å²) in [6.07, 6.45) is 3.41. The molecule has 0 unspecified atom stereocenters. The summed E-state index contributed by atoms with van der Waals surface area (Å²) in [5.74, 6) is -0.0882. The summed E-state index contributed by atoms with van der Waals surface area (Å²) in [7, 11) is -3.38. The molecule has 2 aromatic rings. The highest BCUT2D eigenvalue weighted by molar-refractivity contribution is 9.13. The molecule has 1 aromatic carbocycles. The molecule has 0 aliphatic heterocycles. The Morgan fingerprint density at radius 1 is 1.26 bits per heavy atom. The average Bonchev–Trinajstić information content (AvgIpc) is 2.87. The smallest absolute Gasteiger partial charge is 0.305 e. The monoisotopic (exact) mass is 399 g/mol. The molecule has 23 heavy (non-hydrogen) atoms. The Balaban J connectivity index is 2.56. The van der Waals surface area contributed by atoms with Crippen LogP contribution in [0.5, 0.6) is 0 Å². The van der Waals surface area contributed by atoms with E-state index in [0.717, 1.165) is 16.5 Å². The summed E-state index contributed by atoms with van der Waals surface area (Å²) in [6.45, 7) is 5.56. The fourth-order valence-electron chi connectivity index (χ4n) is 2.29. The van der Waals surface area contributed by atoms with E-state index >= 15 is 0 Å². The molecule has 0 spiro atoms. The maximum atomic E-state index is 12.8. The van der Waals surface area contributed by atoms with Crippen molar-refractivity contribution in [3.63, 3.8) is 0 Å². The average molecular weight is 400 g/mol. The van der Waals surface area contributed by atoms with Gasteiger partial charge in [0.15, 0.2) is 0 Å². The lowest BCUT2D eigenvalue weighted by Gasteiger charge is -2.16. The quantitative estimate of drug-likeness (QED) is 0.621. The minimum atomic E-state index is -3.38. The van der Waals surface area contributed by atoms with Gasteiger partial charge < -0.3 is 9.05 Å². The third-order valence-electron chi connectivity index (χ3n) is 3.22. The van der Waals surface area contributed by atoms with E-state index in [-0.39, 0.29) is 19.1 Å². The van der Waals surface area contributed by atoms with Crippen LogP contribution in [0.1, 0.15) is 31.1 Å². The Morgan fingerprint density at radius 3 is 2.43 bits per heavy atom. The number of carbonyl (C=O) groups excluding carboxylic acids is 1. The number of nitrogens with zero attached hydrogens (tertiary/aromatic N) is 1. The molecular weight excluding hydrogens is 381 g/mol. The molecule has 0 radical (unpaired) electrons. The molecule has 1 heterocycles. The van der Waals surface area contributed by atoms with E-state index in [9.17, 15) is 9.36 Å². The second kappa shape index (κ2) is 7.58. The molecule has 0 fully saturated rings. The SMILES string of the molecule is CCOP(=O)(OCC)/C(Br)=C/c1cn(C(C)=O)c2ccccc12. The number of benzene rings is 1. The van der Waals surface area contributed by atoms with Crippen molar-refractivity contribution in [2.24, 2.45) is 0 Å². The number of para-hydroxylation sites is 1. The van der Waals surface area contributed by atoms with Crippen molar-refractivity contribution in [1.29, 1.82) is 0 Å². The normalized spacial score (nSPS) is 12.8. The van der Waals surface area contributed by atoms with Gasteiger partial charge in [0.25, 0.3) is 0 Å². The van der Waals surface area contributed by atoms with Gasteiger partial charge in [-0.15, -0.1) is 0 Å². The van der Waals surface area contributed by atoms with E-state index in [1.165, 1.54) is 6.92 Å². The minimum absolute atomic E-state index is 0.0882. The highest BCUT2D eigenvalue weighted by Gasteiger charge is 2.28. The van der Waals surface area contributed by atoms with Gasteiger partial charge in [0, 0.05) is 24.1 Å². The molecule has 2 rings (SSSR count). The first-order valence-corrected chi connectivity index (χ1v) is 9.64. The lowest BCUT2D eigenvalue weighted by molar-refractivity contribution is 0.0941. The van der Waals surface area contributed by atoms with Gasteiger partial charge in [0.05, 0.1) is 18.7 Å². The summed E-state index contributed by atoms with van der Waals surface area (Å²) in [6, 6.07) is 7.54. The van der Waals surface area contributed by atoms with E-state index in [0.29, 0.717) is 4.22 Å². The maximum Gasteiger partial charge on any atom is 0.368 e. The predicted octanol–water partition coefficient (Wildman–Crippen LogP) is 5.26. The molecule has 124 valence electrons. The Morgan fingerprint density at radius 2 is 1.87 bits per heavy atom. The lowest BCUT2D eigenvalue weighted by atomic mass is 10.2. The maximum absolute atomic E-state index is 12.8. The first-order valence-electron chi connectivity index (χ1n) is 7.30. The highest BCUT2D eigenvalue weighted by Crippen LogP contribution is 2.59. The van der Waals surface area contributed by atoms with Crippen LogP contribution >= 0.6 is 23.5 Å². The number of aromatic nitrogens is 1. The van der Waals surface area contributed by atoms with Crippen LogP contribution in [0.15, 0.2) is 34.7 Å². The van der Waals surface area contributed by atoms with Gasteiger partial charge in [-0.3, -0.25) is 13.9 Å². The first-order chi connectivity index (χ1) is 10.9. The second-order valence-electron chi connectivity index (χ2n) is 4.79. The van der Waals surface area contributed by atoms with Crippen molar-refractivity contribution in [2.75, 3.05) is 13.2 Å². The first kappa shape index (κ1) is 18.1. The van der Waals surface area contributed by atoms with E-state index in [1.807, 2.05) is 24.3 Å². The molecule has 0 amide bonds. The molecule has 0 saturated carbocycles. The van der Waals surface area contributed by atoms with Crippen LogP contribution in [0.4, 0.5) is 0 Å². The number of hydrogen-bond donors (Lipinski definition) is 0. The van der Waals surface area contributed by atoms with Crippen LogP contribution in [0.3, 0.4) is 0 Å². The van der Waals surface area contributed by atoms with Crippen molar-refractivity contribution >= 4 is 46.4 Å². The third-order valence-corrected chi connectivity index (χ3v) is 6.60. The van der Waals surface area contributed by atoms with Gasteiger partial charge in [0.2, 0.25) is 5.91 Å². The van der Waals surface area contributed by atoms with Gasteiger partial charge in [-0.25, -0.2) is 0 Å². The Labute approximate surface area is 143 Å². The van der Waals surface area contributed by atoms with Gasteiger partial charge in [0.1, 0.15) is 4.22 Å². The van der Waals surface area contributed by atoms with Crippen molar-refractivity contribution < 1.29 is 18.4 Å². The third kappa shape index (κ3) is 3.83. The fourth-order valence-corrected chi connectivity index (χ4v) is 4.45. The summed E-state index contributed by atoms with van der Waals surface area (Å²) in [5, 5.41) is 0.888. The van der Waals surface area contributed by atoms with Crippen molar-refractivity contribution in [3.8, 4) is 0 Å². The predicted molar refractivity (Wildman–Crippen MR) is 96.0 cm³/mol. The minimum Gasteiger partial charge on any atom is -0.305 e. The van der Waals surface area contributed by atoms with Crippen molar-refractivity contribution in [3.05, 3.63) is 40.2 Å². The molecule has 0 N–H and O–H groups in total. The fraction of sp³-hybridized carbons (Fsp3) is 0.312. The zero-order valence-corrected chi connectivity index (χ0v) is 15.8. The topological polar surface area (TPSA) is 57.5 Å². The lowest BCUT2D eigenvalue weighted by Crippen LogP contribution is -2.02. The van der Waals surface area contributed by atoms with E-state index in [2.05, 4.69) is 15.9 Å². The molecule has 0 atom stereocenters.